The summed E-state index contributed by atoms with van der Waals surface area (Å²) in [7, 11) is 0. The molecule has 0 bridgehead atoms. The van der Waals surface area contributed by atoms with Crippen LogP contribution in [0.15, 0.2) is 22.7 Å². The molecule has 0 aliphatic carbocycles. The van der Waals surface area contributed by atoms with Crippen molar-refractivity contribution in [3.63, 3.8) is 0 Å². The molecule has 1 aliphatic rings. The second kappa shape index (κ2) is 5.27. The normalized spacial score (nSPS) is 22.3. The van der Waals surface area contributed by atoms with Gasteiger partial charge in [0.05, 0.1) is 12.6 Å². The molecule has 0 saturated carbocycles. The first kappa shape index (κ1) is 12.0. The first-order valence-electron chi connectivity index (χ1n) is 5.53. The van der Waals surface area contributed by atoms with Gasteiger partial charge in [0.1, 0.15) is 0 Å². The minimum atomic E-state index is 0.164. The number of hydrogen-bond acceptors (Lipinski definition) is 3. The van der Waals surface area contributed by atoms with Crippen LogP contribution in [-0.2, 0) is 4.74 Å². The van der Waals surface area contributed by atoms with Gasteiger partial charge in [-0.3, -0.25) is 11.3 Å². The van der Waals surface area contributed by atoms with Crippen LogP contribution in [0.4, 0.5) is 0 Å². The van der Waals surface area contributed by atoms with Gasteiger partial charge in [0, 0.05) is 17.0 Å². The Hall–Kier alpha value is -0.420. The largest absolute Gasteiger partial charge is 0.381 e. The lowest BCUT2D eigenvalue weighted by Gasteiger charge is -2.23. The fourth-order valence-corrected chi connectivity index (χ4v) is 2.72. The van der Waals surface area contributed by atoms with Crippen molar-refractivity contribution in [3.8, 4) is 0 Å². The van der Waals surface area contributed by atoms with E-state index in [4.69, 9.17) is 10.6 Å². The predicted octanol–water partition coefficient (Wildman–Crippen LogP) is 2.30. The molecule has 3 N–H and O–H groups in total. The summed E-state index contributed by atoms with van der Waals surface area (Å²) in [6.07, 6.45) is 1.06. The molecule has 2 rings (SSSR count). The van der Waals surface area contributed by atoms with Crippen molar-refractivity contribution in [1.82, 2.24) is 5.43 Å². The molecule has 1 heterocycles. The van der Waals surface area contributed by atoms with Gasteiger partial charge < -0.3 is 4.74 Å². The third kappa shape index (κ3) is 2.30. The molecule has 1 aromatic carbocycles. The number of aryl methyl sites for hydroxylation is 1. The predicted molar refractivity (Wildman–Crippen MR) is 67.9 cm³/mol. The Kier molecular flexibility index (Phi) is 3.97. The highest BCUT2D eigenvalue weighted by Gasteiger charge is 2.27. The lowest BCUT2D eigenvalue weighted by molar-refractivity contribution is 0.176. The SMILES string of the molecule is Cc1cccc(C(NN)C2CCOC2)c1Br. The average molecular weight is 285 g/mol. The van der Waals surface area contributed by atoms with Gasteiger partial charge in [-0.2, -0.15) is 0 Å². The molecule has 0 aromatic heterocycles. The van der Waals surface area contributed by atoms with Gasteiger partial charge in [0.15, 0.2) is 0 Å². The summed E-state index contributed by atoms with van der Waals surface area (Å²) >= 11 is 3.63. The van der Waals surface area contributed by atoms with Crippen molar-refractivity contribution in [1.29, 1.82) is 0 Å². The third-order valence-electron chi connectivity index (χ3n) is 3.17. The fourth-order valence-electron chi connectivity index (χ4n) is 2.21. The number of benzene rings is 1. The van der Waals surface area contributed by atoms with Crippen molar-refractivity contribution in [2.45, 2.75) is 19.4 Å². The molecule has 1 saturated heterocycles. The Morgan fingerprint density at radius 1 is 1.56 bits per heavy atom. The first-order valence-corrected chi connectivity index (χ1v) is 6.32. The van der Waals surface area contributed by atoms with Crippen molar-refractivity contribution in [3.05, 3.63) is 33.8 Å². The highest BCUT2D eigenvalue weighted by molar-refractivity contribution is 9.10. The molecule has 2 atom stereocenters. The Balaban J connectivity index is 2.28. The molecular weight excluding hydrogens is 268 g/mol. The zero-order chi connectivity index (χ0) is 11.5. The molecule has 1 aromatic rings. The molecular formula is C12H17BrN2O. The number of nitrogens with two attached hydrogens (primary N) is 1. The third-order valence-corrected chi connectivity index (χ3v) is 4.26. The van der Waals surface area contributed by atoms with E-state index in [0.29, 0.717) is 5.92 Å². The monoisotopic (exact) mass is 284 g/mol. The number of hydrogen-bond donors (Lipinski definition) is 2. The van der Waals surface area contributed by atoms with E-state index in [1.807, 2.05) is 0 Å². The van der Waals surface area contributed by atoms with E-state index in [1.165, 1.54) is 11.1 Å². The van der Waals surface area contributed by atoms with Gasteiger partial charge in [0.25, 0.3) is 0 Å². The second-order valence-corrected chi connectivity index (χ2v) is 5.04. The molecule has 2 unspecified atom stereocenters. The summed E-state index contributed by atoms with van der Waals surface area (Å²) < 4.78 is 6.56. The average Bonchev–Trinajstić information content (AvgIpc) is 2.79. The number of hydrazine groups is 1. The standard InChI is InChI=1S/C12H17BrN2O/c1-8-3-2-4-10(11(8)13)12(15-14)9-5-6-16-7-9/h2-4,9,12,15H,5-7,14H2,1H3. The van der Waals surface area contributed by atoms with Crippen molar-refractivity contribution in [2.75, 3.05) is 13.2 Å². The van der Waals surface area contributed by atoms with E-state index < -0.39 is 0 Å². The minimum absolute atomic E-state index is 0.164. The van der Waals surface area contributed by atoms with Gasteiger partial charge in [-0.1, -0.05) is 34.1 Å². The van der Waals surface area contributed by atoms with Gasteiger partial charge in [-0.15, -0.1) is 0 Å². The van der Waals surface area contributed by atoms with E-state index in [2.05, 4.69) is 46.5 Å². The maximum absolute atomic E-state index is 5.68. The zero-order valence-electron chi connectivity index (χ0n) is 9.37. The quantitative estimate of drug-likeness (QED) is 0.661. The smallest absolute Gasteiger partial charge is 0.0522 e. The van der Waals surface area contributed by atoms with E-state index in [-0.39, 0.29) is 6.04 Å². The van der Waals surface area contributed by atoms with Crippen LogP contribution < -0.4 is 11.3 Å². The molecule has 16 heavy (non-hydrogen) atoms. The Bertz CT molecular complexity index is 364. The molecule has 4 heteroatoms. The van der Waals surface area contributed by atoms with Crippen LogP contribution >= 0.6 is 15.9 Å². The summed E-state index contributed by atoms with van der Waals surface area (Å²) in [5, 5.41) is 0. The number of ether oxygens (including phenoxy) is 1. The van der Waals surface area contributed by atoms with Crippen LogP contribution in [0.2, 0.25) is 0 Å². The molecule has 3 nitrogen and oxygen atoms in total. The summed E-state index contributed by atoms with van der Waals surface area (Å²) in [6.45, 7) is 3.72. The van der Waals surface area contributed by atoms with E-state index >= 15 is 0 Å². The highest BCUT2D eigenvalue weighted by Crippen LogP contribution is 2.33. The Morgan fingerprint density at radius 3 is 3.00 bits per heavy atom. The summed E-state index contributed by atoms with van der Waals surface area (Å²) in [4.78, 5) is 0. The molecule has 0 spiro atoms. The van der Waals surface area contributed by atoms with Crippen LogP contribution in [0.5, 0.6) is 0 Å². The van der Waals surface area contributed by atoms with E-state index in [1.54, 1.807) is 0 Å². The summed E-state index contributed by atoms with van der Waals surface area (Å²) in [6, 6.07) is 6.43. The molecule has 1 aliphatic heterocycles. The molecule has 0 amide bonds. The van der Waals surface area contributed by atoms with E-state index in [0.717, 1.165) is 24.1 Å². The van der Waals surface area contributed by atoms with Gasteiger partial charge in [0.2, 0.25) is 0 Å². The van der Waals surface area contributed by atoms with Crippen LogP contribution in [0.25, 0.3) is 0 Å². The topological polar surface area (TPSA) is 47.3 Å². The summed E-state index contributed by atoms with van der Waals surface area (Å²) in [5.74, 6) is 6.14. The van der Waals surface area contributed by atoms with Crippen LogP contribution in [0.1, 0.15) is 23.6 Å². The lowest BCUT2D eigenvalue weighted by Crippen LogP contribution is -2.34. The van der Waals surface area contributed by atoms with Gasteiger partial charge in [-0.05, 0) is 24.5 Å². The van der Waals surface area contributed by atoms with Crippen molar-refractivity contribution in [2.24, 2.45) is 11.8 Å². The lowest BCUT2D eigenvalue weighted by atomic mass is 9.92. The molecule has 88 valence electrons. The van der Waals surface area contributed by atoms with Crippen molar-refractivity contribution < 1.29 is 4.74 Å². The van der Waals surface area contributed by atoms with E-state index in [9.17, 15) is 0 Å². The van der Waals surface area contributed by atoms with Crippen LogP contribution in [-0.4, -0.2) is 13.2 Å². The fraction of sp³-hybridized carbons (Fsp3) is 0.500. The maximum Gasteiger partial charge on any atom is 0.0522 e. The first-order chi connectivity index (χ1) is 7.74. The van der Waals surface area contributed by atoms with Crippen LogP contribution in [0.3, 0.4) is 0 Å². The van der Waals surface area contributed by atoms with Gasteiger partial charge in [-0.25, -0.2) is 0 Å². The van der Waals surface area contributed by atoms with Crippen molar-refractivity contribution >= 4 is 15.9 Å². The maximum atomic E-state index is 5.68. The van der Waals surface area contributed by atoms with Gasteiger partial charge >= 0.3 is 0 Å². The Morgan fingerprint density at radius 2 is 2.38 bits per heavy atom. The highest BCUT2D eigenvalue weighted by atomic mass is 79.9. The molecule has 1 fully saturated rings. The molecule has 0 radical (unpaired) electrons. The zero-order valence-corrected chi connectivity index (χ0v) is 11.0. The second-order valence-electron chi connectivity index (χ2n) is 4.25. The summed E-state index contributed by atoms with van der Waals surface area (Å²) in [5.41, 5.74) is 5.37. The Labute approximate surface area is 104 Å². The minimum Gasteiger partial charge on any atom is -0.381 e. The van der Waals surface area contributed by atoms with Crippen LogP contribution in [0, 0.1) is 12.8 Å². The number of nitrogens with one attached hydrogen (secondary N) is 1. The number of halogens is 1. The number of rotatable bonds is 3.